The van der Waals surface area contributed by atoms with Crippen molar-refractivity contribution in [1.82, 2.24) is 14.5 Å². The number of aromatic nitrogens is 3. The Labute approximate surface area is 527 Å². The van der Waals surface area contributed by atoms with Crippen molar-refractivity contribution in [3.63, 3.8) is 0 Å². The van der Waals surface area contributed by atoms with Crippen molar-refractivity contribution in [1.29, 1.82) is 0 Å². The number of furan rings is 1. The van der Waals surface area contributed by atoms with E-state index in [0.29, 0.717) is 22.4 Å². The maximum atomic E-state index is 11.6. The van der Waals surface area contributed by atoms with Crippen LogP contribution in [0.3, 0.4) is 0 Å². The topological polar surface area (TPSA) is 64.1 Å². The van der Waals surface area contributed by atoms with Gasteiger partial charge in [0.1, 0.15) is 17.0 Å². The molecule has 3 aromatic heterocycles. The Kier molecular flexibility index (Phi) is 14.0. The minimum atomic E-state index is 0. The van der Waals surface area contributed by atoms with Gasteiger partial charge in [-0.05, 0) is 179 Å². The maximum Gasteiger partial charge on any atom is 0.163 e. The van der Waals surface area contributed by atoms with Crippen molar-refractivity contribution in [3.8, 4) is 101 Å². The molecule has 88 heavy (non-hydrogen) atoms. The zero-order valence-corrected chi connectivity index (χ0v) is 52.6. The number of nitrogens with zero attached hydrogens (tertiary/aromatic N) is 3. The molecule has 3 heterocycles. The van der Waals surface area contributed by atoms with Crippen molar-refractivity contribution in [2.24, 2.45) is 0 Å². The number of aryl methyl sites for hydroxylation is 8. The summed E-state index contributed by atoms with van der Waals surface area (Å²) in [6, 6.07) is 84.2. The van der Waals surface area contributed by atoms with Crippen LogP contribution in [0, 0.1) is 61.5 Å². The molecule has 0 amide bonds. The van der Waals surface area contributed by atoms with Crippen LogP contribution < -0.4 is 0 Å². The van der Waals surface area contributed by atoms with Crippen LogP contribution in [0.4, 0.5) is 0 Å². The summed E-state index contributed by atoms with van der Waals surface area (Å²) in [5.74, 6) is 0.859. The fourth-order valence-electron chi connectivity index (χ4n) is 14.3. The van der Waals surface area contributed by atoms with Gasteiger partial charge in [0.2, 0.25) is 0 Å². The quantitative estimate of drug-likeness (QED) is 0.116. The molecule has 0 radical (unpaired) electrons. The fraction of sp³-hybridized carbons (Fsp3) is 0.0976. The van der Waals surface area contributed by atoms with E-state index in [1.165, 1.54) is 44.5 Å². The molecule has 12 aromatic carbocycles. The average Bonchev–Trinajstić information content (AvgIpc) is 1.67. The maximum absolute atomic E-state index is 11.6. The third-order valence-electron chi connectivity index (χ3n) is 17.8. The Bertz CT molecular complexity index is 5120. The number of phenols is 1. The Hall–Kier alpha value is -9.93. The van der Waals surface area contributed by atoms with Crippen LogP contribution in [-0.2, 0) is 21.1 Å². The van der Waals surface area contributed by atoms with Gasteiger partial charge >= 0.3 is 0 Å². The summed E-state index contributed by atoms with van der Waals surface area (Å²) in [6.45, 7) is 17.8. The number of rotatable bonds is 9. The van der Waals surface area contributed by atoms with Gasteiger partial charge in [0.25, 0.3) is 0 Å². The minimum Gasteiger partial charge on any atom is -0.507 e. The van der Waals surface area contributed by atoms with Crippen LogP contribution in [0.2, 0.25) is 0 Å². The van der Waals surface area contributed by atoms with Gasteiger partial charge in [-0.2, -0.15) is 0 Å². The first-order valence-corrected chi connectivity index (χ1v) is 29.9. The number of aromatic hydroxyl groups is 1. The smallest absolute Gasteiger partial charge is 0.163 e. The molecule has 5 nitrogen and oxygen atoms in total. The monoisotopic (exact) mass is 1320 g/mol. The summed E-state index contributed by atoms with van der Waals surface area (Å²) in [5, 5.41) is 16.1. The second kappa shape index (κ2) is 22.1. The molecule has 0 saturated carbocycles. The average molecular weight is 1320 g/mol. The van der Waals surface area contributed by atoms with Crippen molar-refractivity contribution in [2.45, 2.75) is 55.4 Å². The number of hydrogen-bond donors (Lipinski definition) is 1. The fourth-order valence-corrected chi connectivity index (χ4v) is 14.3. The van der Waals surface area contributed by atoms with Crippen molar-refractivity contribution >= 4 is 54.6 Å². The van der Waals surface area contributed by atoms with Crippen molar-refractivity contribution in [2.75, 3.05) is 0 Å². The van der Waals surface area contributed by atoms with Crippen LogP contribution in [0.5, 0.6) is 5.75 Å². The van der Waals surface area contributed by atoms with E-state index in [1.807, 2.05) is 18.2 Å². The molecule has 0 spiro atoms. The predicted molar refractivity (Wildman–Crippen MR) is 363 cm³/mol. The Morgan fingerprint density at radius 2 is 0.955 bits per heavy atom. The van der Waals surface area contributed by atoms with Gasteiger partial charge in [0.15, 0.2) is 5.82 Å². The standard InChI is InChI=1S/C82H62N3O2.Pt/c1-47-39-51(5)73(52(6)40-47)64-31-20-32-65(74-53(7)41-48(2)42-54(74)8)75(64)60-45-66(79-70(46-60)85(80-49(3)21-17-22-50(80)4)82(84-79)69-38-37-58-36-35-57-27-18-33-71(86)76(57)78(58)83-69)59-43-67-63-28-15-16-34-72(63)87-81(67)68(44-59)77-61(55-23-11-9-12-24-55)29-19-30-62(77)56-25-13-10-14-26-56;/h9-43,45-46,86H,1-8H3;/q-1;. The third kappa shape index (κ3) is 9.27. The molecule has 0 saturated heterocycles. The largest absolute Gasteiger partial charge is 0.507 e. The first kappa shape index (κ1) is 55.9. The van der Waals surface area contributed by atoms with E-state index < -0.39 is 0 Å². The van der Waals surface area contributed by atoms with Gasteiger partial charge in [0, 0.05) is 37.2 Å². The van der Waals surface area contributed by atoms with E-state index >= 15 is 0 Å². The Balaban J connectivity index is 0.00000680. The summed E-state index contributed by atoms with van der Waals surface area (Å²) < 4.78 is 9.50. The third-order valence-corrected chi connectivity index (χ3v) is 17.8. The van der Waals surface area contributed by atoms with E-state index in [4.69, 9.17) is 14.4 Å². The van der Waals surface area contributed by atoms with Crippen LogP contribution in [0.15, 0.2) is 229 Å². The van der Waals surface area contributed by atoms with E-state index in [9.17, 15) is 5.11 Å². The molecule has 0 bridgehead atoms. The second-order valence-corrected chi connectivity index (χ2v) is 23.7. The van der Waals surface area contributed by atoms with Crippen LogP contribution in [0.1, 0.15) is 44.5 Å². The van der Waals surface area contributed by atoms with Crippen LogP contribution in [0.25, 0.3) is 150 Å². The van der Waals surface area contributed by atoms with E-state index in [0.717, 1.165) is 127 Å². The number of fused-ring (bicyclic) bond motifs is 7. The number of benzene rings is 12. The SMILES string of the molecule is Cc1cc(C)c(-c2cccc(-c3c(C)cc(C)cc3C)c2-c2cc(-c3[c-]c(-c4c(-c5ccccc5)cccc4-c4ccccc4)c4oc5ccccc5c4c3)c3nc(-c4ccc5ccc6cccc(O)c6c5n4)n(-c4c(C)cccc4C)c3c2)c(C)c1.[Pt]. The molecular formula is C82H62N3O2Pt-. The number of para-hydroxylation sites is 2. The number of pyridine rings is 1. The predicted octanol–water partition coefficient (Wildman–Crippen LogP) is 21.9. The van der Waals surface area contributed by atoms with Gasteiger partial charge in [-0.1, -0.05) is 222 Å². The number of phenolic OH excluding ortho intramolecular Hbond substituents is 1. The van der Waals surface area contributed by atoms with E-state index in [-0.39, 0.29) is 26.8 Å². The minimum absolute atomic E-state index is 0. The molecule has 428 valence electrons. The Morgan fingerprint density at radius 1 is 0.409 bits per heavy atom. The number of hydrogen-bond acceptors (Lipinski definition) is 4. The summed E-state index contributed by atoms with van der Waals surface area (Å²) in [5.41, 5.74) is 30.0. The molecule has 0 aliphatic carbocycles. The summed E-state index contributed by atoms with van der Waals surface area (Å²) >= 11 is 0. The molecule has 15 aromatic rings. The molecule has 0 aliphatic rings. The Morgan fingerprint density at radius 3 is 1.58 bits per heavy atom. The first-order chi connectivity index (χ1) is 42.4. The number of imidazole rings is 1. The summed E-state index contributed by atoms with van der Waals surface area (Å²) in [6.07, 6.45) is 0. The molecule has 1 N–H and O–H groups in total. The van der Waals surface area contributed by atoms with Crippen LogP contribution >= 0.6 is 0 Å². The van der Waals surface area contributed by atoms with E-state index in [2.05, 4.69) is 266 Å². The molecule has 15 rings (SSSR count). The van der Waals surface area contributed by atoms with Crippen molar-refractivity contribution < 1.29 is 30.6 Å². The van der Waals surface area contributed by atoms with Gasteiger partial charge in [0.05, 0.1) is 27.8 Å². The molecule has 0 unspecified atom stereocenters. The normalized spacial score (nSPS) is 11.6. The van der Waals surface area contributed by atoms with Gasteiger partial charge in [-0.25, -0.2) is 9.97 Å². The van der Waals surface area contributed by atoms with Crippen molar-refractivity contribution in [3.05, 3.63) is 275 Å². The van der Waals surface area contributed by atoms with Gasteiger partial charge in [-0.3, -0.25) is 4.57 Å². The van der Waals surface area contributed by atoms with Gasteiger partial charge in [-0.15, -0.1) is 17.7 Å². The zero-order chi connectivity index (χ0) is 59.4. The summed E-state index contributed by atoms with van der Waals surface area (Å²) in [4.78, 5) is 11.5. The second-order valence-electron chi connectivity index (χ2n) is 23.7. The molecule has 0 aliphatic heterocycles. The van der Waals surface area contributed by atoms with E-state index in [1.54, 1.807) is 6.07 Å². The first-order valence-electron chi connectivity index (χ1n) is 29.9. The molecule has 0 fully saturated rings. The molecular weight excluding hydrogens is 1250 g/mol. The van der Waals surface area contributed by atoms with Gasteiger partial charge < -0.3 is 9.52 Å². The zero-order valence-electron chi connectivity index (χ0n) is 50.4. The molecule has 0 atom stereocenters. The van der Waals surface area contributed by atoms with Crippen LogP contribution in [-0.4, -0.2) is 19.6 Å². The summed E-state index contributed by atoms with van der Waals surface area (Å²) in [7, 11) is 0. The molecule has 6 heteroatoms.